The van der Waals surface area contributed by atoms with Gasteiger partial charge < -0.3 is 13.6 Å². The van der Waals surface area contributed by atoms with Crippen molar-refractivity contribution in [2.45, 2.75) is 0 Å². The molecule has 0 aliphatic carbocycles. The second kappa shape index (κ2) is 7.92. The smallest absolute Gasteiger partial charge is 0.307 e. The SMILES string of the molecule is COc1cc(Br)cc2cc(C(=O)N/N=C\c3ccc(-c4cccc(F)c4)o3)oc12. The summed E-state index contributed by atoms with van der Waals surface area (Å²) >= 11 is 3.38. The summed E-state index contributed by atoms with van der Waals surface area (Å²) in [6.07, 6.45) is 1.35. The van der Waals surface area contributed by atoms with Gasteiger partial charge in [0, 0.05) is 15.4 Å². The third kappa shape index (κ3) is 4.07. The van der Waals surface area contributed by atoms with Crippen molar-refractivity contribution in [3.63, 3.8) is 0 Å². The van der Waals surface area contributed by atoms with Crippen molar-refractivity contribution >= 4 is 39.0 Å². The average Bonchev–Trinajstić information content (AvgIpc) is 3.34. The van der Waals surface area contributed by atoms with E-state index in [9.17, 15) is 9.18 Å². The number of nitrogens with zero attached hydrogens (tertiary/aromatic N) is 1. The zero-order valence-electron chi connectivity index (χ0n) is 15.1. The van der Waals surface area contributed by atoms with E-state index in [0.29, 0.717) is 28.4 Å². The maximum Gasteiger partial charge on any atom is 0.307 e. The largest absolute Gasteiger partial charge is 0.493 e. The van der Waals surface area contributed by atoms with Gasteiger partial charge >= 0.3 is 5.91 Å². The molecular weight excluding hydrogens is 443 g/mol. The van der Waals surface area contributed by atoms with Gasteiger partial charge in [-0.25, -0.2) is 9.82 Å². The van der Waals surface area contributed by atoms with Gasteiger partial charge in [0.05, 0.1) is 13.3 Å². The molecule has 29 heavy (non-hydrogen) atoms. The standard InChI is InChI=1S/C21H14BrFN2O4/c1-27-18-10-14(22)7-13-9-19(29-20(13)18)21(26)25-24-11-16-5-6-17(28-16)12-3-2-4-15(23)8-12/h2-11H,1H3,(H,25,26)/b24-11-. The molecule has 6 nitrogen and oxygen atoms in total. The molecule has 0 aliphatic heterocycles. The highest BCUT2D eigenvalue weighted by Gasteiger charge is 2.15. The fourth-order valence-electron chi connectivity index (χ4n) is 2.78. The Morgan fingerprint density at radius 2 is 2.03 bits per heavy atom. The molecule has 0 fully saturated rings. The molecule has 8 heteroatoms. The Morgan fingerprint density at radius 3 is 2.83 bits per heavy atom. The van der Waals surface area contributed by atoms with Gasteiger partial charge in [0.1, 0.15) is 17.3 Å². The molecule has 2 aromatic heterocycles. The third-order valence-electron chi connectivity index (χ3n) is 4.08. The van der Waals surface area contributed by atoms with E-state index in [-0.39, 0.29) is 11.6 Å². The van der Waals surface area contributed by atoms with Crippen LogP contribution < -0.4 is 10.2 Å². The van der Waals surface area contributed by atoms with Crippen molar-refractivity contribution in [3.05, 3.63) is 76.4 Å². The Kier molecular flexibility index (Phi) is 5.18. The number of carbonyl (C=O) groups excluding carboxylic acids is 1. The number of hydrogen-bond acceptors (Lipinski definition) is 5. The number of amides is 1. The molecule has 0 saturated carbocycles. The number of benzene rings is 2. The van der Waals surface area contributed by atoms with Crippen molar-refractivity contribution in [3.8, 4) is 17.1 Å². The number of furan rings is 2. The number of rotatable bonds is 5. The average molecular weight is 457 g/mol. The van der Waals surface area contributed by atoms with Crippen molar-refractivity contribution in [1.29, 1.82) is 0 Å². The van der Waals surface area contributed by atoms with E-state index in [4.69, 9.17) is 13.6 Å². The van der Waals surface area contributed by atoms with Crippen LogP contribution in [-0.4, -0.2) is 19.2 Å². The van der Waals surface area contributed by atoms with Crippen LogP contribution in [0.5, 0.6) is 5.75 Å². The molecule has 146 valence electrons. The highest BCUT2D eigenvalue weighted by molar-refractivity contribution is 9.10. The van der Waals surface area contributed by atoms with E-state index in [1.165, 1.54) is 25.5 Å². The zero-order chi connectivity index (χ0) is 20.4. The highest BCUT2D eigenvalue weighted by atomic mass is 79.9. The number of hydrazone groups is 1. The molecule has 0 radical (unpaired) electrons. The summed E-state index contributed by atoms with van der Waals surface area (Å²) in [7, 11) is 1.52. The van der Waals surface area contributed by atoms with E-state index in [1.807, 2.05) is 6.07 Å². The van der Waals surface area contributed by atoms with E-state index in [0.717, 1.165) is 9.86 Å². The van der Waals surface area contributed by atoms with E-state index in [1.54, 1.807) is 36.4 Å². The number of nitrogens with one attached hydrogen (secondary N) is 1. The monoisotopic (exact) mass is 456 g/mol. The first-order valence-corrected chi connectivity index (χ1v) is 9.29. The molecule has 2 aromatic carbocycles. The molecule has 0 aliphatic rings. The first-order chi connectivity index (χ1) is 14.0. The molecule has 4 rings (SSSR count). The van der Waals surface area contributed by atoms with Gasteiger partial charge in [-0.15, -0.1) is 0 Å². The van der Waals surface area contributed by atoms with Gasteiger partial charge in [0.15, 0.2) is 17.1 Å². The number of fused-ring (bicyclic) bond motifs is 1. The van der Waals surface area contributed by atoms with Crippen LogP contribution in [0.1, 0.15) is 16.3 Å². The summed E-state index contributed by atoms with van der Waals surface area (Å²) in [5, 5.41) is 4.60. The van der Waals surface area contributed by atoms with Crippen LogP contribution in [0.3, 0.4) is 0 Å². The minimum atomic E-state index is -0.521. The minimum absolute atomic E-state index is 0.0912. The zero-order valence-corrected chi connectivity index (χ0v) is 16.7. The Labute approximate surface area is 173 Å². The van der Waals surface area contributed by atoms with Crippen LogP contribution in [0.25, 0.3) is 22.3 Å². The molecule has 4 aromatic rings. The Balaban J connectivity index is 1.47. The molecule has 2 heterocycles. The molecule has 0 bridgehead atoms. The van der Waals surface area contributed by atoms with Gasteiger partial charge in [0.25, 0.3) is 0 Å². The van der Waals surface area contributed by atoms with Crippen molar-refractivity contribution in [2.24, 2.45) is 5.10 Å². The maximum absolute atomic E-state index is 13.3. The summed E-state index contributed by atoms with van der Waals surface area (Å²) in [4.78, 5) is 12.3. The summed E-state index contributed by atoms with van der Waals surface area (Å²) < 4.78 is 30.6. The van der Waals surface area contributed by atoms with Crippen LogP contribution in [0, 0.1) is 5.82 Å². The summed E-state index contributed by atoms with van der Waals surface area (Å²) in [5.74, 6) is 0.626. The second-order valence-corrected chi connectivity index (χ2v) is 6.96. The Bertz CT molecular complexity index is 1230. The van der Waals surface area contributed by atoms with Gasteiger partial charge in [-0.3, -0.25) is 4.79 Å². The van der Waals surface area contributed by atoms with Gasteiger partial charge in [-0.05, 0) is 42.5 Å². The van der Waals surface area contributed by atoms with Crippen LogP contribution in [0.4, 0.5) is 4.39 Å². The van der Waals surface area contributed by atoms with Crippen LogP contribution in [-0.2, 0) is 0 Å². The van der Waals surface area contributed by atoms with Crippen LogP contribution in [0.15, 0.2) is 73.0 Å². The van der Waals surface area contributed by atoms with Crippen LogP contribution >= 0.6 is 15.9 Å². The first kappa shape index (κ1) is 18.9. The van der Waals surface area contributed by atoms with Crippen molar-refractivity contribution in [2.75, 3.05) is 7.11 Å². The quantitative estimate of drug-likeness (QED) is 0.323. The van der Waals surface area contributed by atoms with Crippen molar-refractivity contribution < 1.29 is 22.8 Å². The lowest BCUT2D eigenvalue weighted by Gasteiger charge is -2.00. The Morgan fingerprint density at radius 1 is 1.17 bits per heavy atom. The molecule has 1 N–H and O–H groups in total. The number of carbonyl (C=O) groups is 1. The van der Waals surface area contributed by atoms with E-state index in [2.05, 4.69) is 26.5 Å². The molecular formula is C21H14BrFN2O4. The topological polar surface area (TPSA) is 77.0 Å². The lowest BCUT2D eigenvalue weighted by atomic mass is 10.2. The molecule has 0 saturated heterocycles. The first-order valence-electron chi connectivity index (χ1n) is 8.50. The fourth-order valence-corrected chi connectivity index (χ4v) is 3.23. The number of halogens is 2. The maximum atomic E-state index is 13.3. The minimum Gasteiger partial charge on any atom is -0.493 e. The van der Waals surface area contributed by atoms with Gasteiger partial charge in [-0.2, -0.15) is 5.10 Å². The van der Waals surface area contributed by atoms with Crippen LogP contribution in [0.2, 0.25) is 0 Å². The lowest BCUT2D eigenvalue weighted by Crippen LogP contribution is -2.16. The number of hydrogen-bond donors (Lipinski definition) is 1. The van der Waals surface area contributed by atoms with Gasteiger partial charge in [-0.1, -0.05) is 28.1 Å². The molecule has 0 atom stereocenters. The fraction of sp³-hybridized carbons (Fsp3) is 0.0476. The lowest BCUT2D eigenvalue weighted by molar-refractivity contribution is 0.0929. The summed E-state index contributed by atoms with van der Waals surface area (Å²) in [6.45, 7) is 0. The number of ether oxygens (including phenoxy) is 1. The normalized spacial score (nSPS) is 11.3. The predicted octanol–water partition coefficient (Wildman–Crippen LogP) is 5.37. The molecule has 0 unspecified atom stereocenters. The second-order valence-electron chi connectivity index (χ2n) is 6.05. The van der Waals surface area contributed by atoms with E-state index < -0.39 is 5.91 Å². The third-order valence-corrected chi connectivity index (χ3v) is 4.54. The van der Waals surface area contributed by atoms with Gasteiger partial charge in [0.2, 0.25) is 0 Å². The number of methoxy groups -OCH3 is 1. The predicted molar refractivity (Wildman–Crippen MR) is 110 cm³/mol. The summed E-state index contributed by atoms with van der Waals surface area (Å²) in [5.41, 5.74) is 3.46. The van der Waals surface area contributed by atoms with Crippen molar-refractivity contribution in [1.82, 2.24) is 5.43 Å². The Hall–Kier alpha value is -3.39. The molecule has 0 spiro atoms. The highest BCUT2D eigenvalue weighted by Crippen LogP contribution is 2.32. The molecule has 1 amide bonds. The van der Waals surface area contributed by atoms with E-state index >= 15 is 0 Å². The summed E-state index contributed by atoms with van der Waals surface area (Å²) in [6, 6.07) is 14.6.